The molecule has 0 bridgehead atoms. The number of imidazole rings is 1. The molecule has 1 N–H and O–H groups in total. The van der Waals surface area contributed by atoms with Gasteiger partial charge in [0.2, 0.25) is 5.95 Å². The van der Waals surface area contributed by atoms with Gasteiger partial charge in [0.15, 0.2) is 11.2 Å². The molecule has 2 aromatic heterocycles. The van der Waals surface area contributed by atoms with Crippen LogP contribution in [0.4, 0.5) is 5.95 Å². The molecular weight excluding hydrogens is 406 g/mol. The largest absolute Gasteiger partial charge is 0.497 e. The van der Waals surface area contributed by atoms with Gasteiger partial charge in [-0.15, -0.1) is 0 Å². The molecule has 30 heavy (non-hydrogen) atoms. The number of hydrogen-bond donors (Lipinski definition) is 1. The summed E-state index contributed by atoms with van der Waals surface area (Å²) in [6.45, 7) is 0.328. The molecule has 0 unspecified atom stereocenters. The van der Waals surface area contributed by atoms with E-state index in [1.54, 1.807) is 26.3 Å². The van der Waals surface area contributed by atoms with Crippen LogP contribution in [0.25, 0.3) is 11.2 Å². The van der Waals surface area contributed by atoms with E-state index in [-0.39, 0.29) is 11.6 Å². The Bertz CT molecular complexity index is 1200. The van der Waals surface area contributed by atoms with Crippen molar-refractivity contribution >= 4 is 28.7 Å². The number of ether oxygens (including phenoxy) is 1. The van der Waals surface area contributed by atoms with Gasteiger partial charge in [-0.2, -0.15) is 4.98 Å². The maximum atomic E-state index is 13.0. The summed E-state index contributed by atoms with van der Waals surface area (Å²) >= 11 is 6.44. The highest BCUT2D eigenvalue weighted by Gasteiger charge is 2.22. The van der Waals surface area contributed by atoms with E-state index in [1.807, 2.05) is 10.6 Å². The van der Waals surface area contributed by atoms with Crippen LogP contribution in [-0.4, -0.2) is 31.8 Å². The molecule has 0 aliphatic heterocycles. The summed E-state index contributed by atoms with van der Waals surface area (Å²) < 4.78 is 9.68. The minimum absolute atomic E-state index is 0.288. The molecule has 0 saturated heterocycles. The van der Waals surface area contributed by atoms with E-state index in [1.165, 1.54) is 30.9 Å². The quantitative estimate of drug-likeness (QED) is 0.671. The molecule has 160 valence electrons. The fourth-order valence-electron chi connectivity index (χ4n) is 4.11. The van der Waals surface area contributed by atoms with Crippen LogP contribution < -0.4 is 21.3 Å². The van der Waals surface area contributed by atoms with Crippen LogP contribution in [0.1, 0.15) is 37.7 Å². The summed E-state index contributed by atoms with van der Waals surface area (Å²) in [6.07, 6.45) is 5.68. The normalized spacial score (nSPS) is 14.9. The third-order valence-electron chi connectivity index (χ3n) is 5.87. The first-order chi connectivity index (χ1) is 14.4. The first kappa shape index (κ1) is 20.5. The van der Waals surface area contributed by atoms with Crippen LogP contribution in [0.15, 0.2) is 27.8 Å². The van der Waals surface area contributed by atoms with Gasteiger partial charge in [-0.1, -0.05) is 30.9 Å². The number of methoxy groups -OCH3 is 1. The van der Waals surface area contributed by atoms with Gasteiger partial charge in [-0.05, 0) is 36.6 Å². The molecular formula is C21H26ClN5O3. The molecule has 0 atom stereocenters. The van der Waals surface area contributed by atoms with Crippen LogP contribution >= 0.6 is 11.6 Å². The van der Waals surface area contributed by atoms with Crippen molar-refractivity contribution in [3.05, 3.63) is 49.6 Å². The molecule has 0 amide bonds. The second kappa shape index (κ2) is 8.18. The number of benzene rings is 1. The number of halogens is 1. The van der Waals surface area contributed by atoms with Crippen molar-refractivity contribution in [3.63, 3.8) is 0 Å². The van der Waals surface area contributed by atoms with Crippen molar-refractivity contribution in [2.24, 2.45) is 14.1 Å². The molecule has 1 aromatic carbocycles. The van der Waals surface area contributed by atoms with Crippen molar-refractivity contribution in [1.82, 2.24) is 18.7 Å². The minimum atomic E-state index is -0.402. The molecule has 2 heterocycles. The fraction of sp³-hybridized carbons (Fsp3) is 0.476. The molecule has 0 radical (unpaired) electrons. The highest BCUT2D eigenvalue weighted by atomic mass is 35.5. The van der Waals surface area contributed by atoms with Gasteiger partial charge in [0.05, 0.1) is 13.7 Å². The Balaban J connectivity index is 1.89. The van der Waals surface area contributed by atoms with Gasteiger partial charge >= 0.3 is 5.69 Å². The van der Waals surface area contributed by atoms with Crippen LogP contribution in [0.3, 0.4) is 0 Å². The average Bonchev–Trinajstić information content (AvgIpc) is 3.11. The Hall–Kier alpha value is -2.74. The van der Waals surface area contributed by atoms with E-state index in [9.17, 15) is 9.59 Å². The second-order valence-corrected chi connectivity index (χ2v) is 8.24. The molecule has 1 aliphatic rings. The van der Waals surface area contributed by atoms with Crippen molar-refractivity contribution in [1.29, 1.82) is 0 Å². The van der Waals surface area contributed by atoms with Gasteiger partial charge < -0.3 is 10.1 Å². The summed E-state index contributed by atoms with van der Waals surface area (Å²) in [4.78, 5) is 30.1. The number of hydrogen-bond acceptors (Lipinski definition) is 5. The lowest BCUT2D eigenvalue weighted by molar-refractivity contribution is 0.414. The van der Waals surface area contributed by atoms with Gasteiger partial charge in [0, 0.05) is 25.2 Å². The van der Waals surface area contributed by atoms with Gasteiger partial charge in [0.1, 0.15) is 5.75 Å². The number of nitrogens with one attached hydrogen (secondary N) is 1. The number of anilines is 1. The standard InChI is InChI=1S/C21H26ClN5O3/c1-25-18-17(19(28)26(2)21(25)29)27(12-13-11-15(30-3)9-10-16(13)22)20(24-18)23-14-7-5-4-6-8-14/h9-11,14H,4-8,12H2,1-3H3,(H,23,24). The van der Waals surface area contributed by atoms with E-state index < -0.39 is 5.69 Å². The van der Waals surface area contributed by atoms with Crippen LogP contribution in [0.2, 0.25) is 5.02 Å². The minimum Gasteiger partial charge on any atom is -0.497 e. The van der Waals surface area contributed by atoms with E-state index >= 15 is 0 Å². The second-order valence-electron chi connectivity index (χ2n) is 7.84. The van der Waals surface area contributed by atoms with Gasteiger partial charge in [0.25, 0.3) is 5.56 Å². The van der Waals surface area contributed by atoms with Crippen molar-refractivity contribution in [3.8, 4) is 5.75 Å². The molecule has 4 rings (SSSR count). The molecule has 8 nitrogen and oxygen atoms in total. The molecule has 1 saturated carbocycles. The predicted molar refractivity (Wildman–Crippen MR) is 118 cm³/mol. The zero-order chi connectivity index (χ0) is 21.4. The number of fused-ring (bicyclic) bond motifs is 1. The maximum absolute atomic E-state index is 13.0. The Morgan fingerprint density at radius 1 is 1.17 bits per heavy atom. The van der Waals surface area contributed by atoms with Crippen LogP contribution in [0, 0.1) is 0 Å². The zero-order valence-electron chi connectivity index (χ0n) is 17.4. The molecule has 0 spiro atoms. The highest BCUT2D eigenvalue weighted by molar-refractivity contribution is 6.31. The smallest absolute Gasteiger partial charge is 0.332 e. The van der Waals surface area contributed by atoms with Crippen LogP contribution in [-0.2, 0) is 20.6 Å². The first-order valence-corrected chi connectivity index (χ1v) is 10.5. The van der Waals surface area contributed by atoms with E-state index in [0.717, 1.165) is 23.0 Å². The zero-order valence-corrected chi connectivity index (χ0v) is 18.2. The summed E-state index contributed by atoms with van der Waals surface area (Å²) in [5.41, 5.74) is 0.757. The Morgan fingerprint density at radius 3 is 2.60 bits per heavy atom. The summed E-state index contributed by atoms with van der Waals surface area (Å²) in [5, 5.41) is 4.09. The average molecular weight is 432 g/mol. The van der Waals surface area contributed by atoms with Crippen molar-refractivity contribution in [2.75, 3.05) is 12.4 Å². The predicted octanol–water partition coefficient (Wildman–Crippen LogP) is 2.89. The fourth-order valence-corrected chi connectivity index (χ4v) is 4.29. The lowest BCUT2D eigenvalue weighted by Crippen LogP contribution is -2.37. The van der Waals surface area contributed by atoms with E-state index in [2.05, 4.69) is 10.3 Å². The SMILES string of the molecule is COc1ccc(Cl)c(Cn2c(NC3CCCCC3)nc3c2c(=O)n(C)c(=O)n3C)c1. The number of aryl methyl sites for hydroxylation is 1. The Kier molecular flexibility index (Phi) is 5.60. The highest BCUT2D eigenvalue weighted by Crippen LogP contribution is 2.27. The van der Waals surface area contributed by atoms with Gasteiger partial charge in [-0.25, -0.2) is 4.79 Å². The van der Waals surface area contributed by atoms with Crippen LogP contribution in [0.5, 0.6) is 5.75 Å². The monoisotopic (exact) mass is 431 g/mol. The number of aromatic nitrogens is 4. The summed E-state index contributed by atoms with van der Waals surface area (Å²) in [7, 11) is 4.71. The number of rotatable bonds is 5. The molecule has 9 heteroatoms. The summed E-state index contributed by atoms with van der Waals surface area (Å²) in [6, 6.07) is 5.71. The molecule has 1 aliphatic carbocycles. The Morgan fingerprint density at radius 2 is 1.90 bits per heavy atom. The molecule has 3 aromatic rings. The van der Waals surface area contributed by atoms with E-state index in [4.69, 9.17) is 16.3 Å². The molecule has 1 fully saturated rings. The first-order valence-electron chi connectivity index (χ1n) is 10.2. The van der Waals surface area contributed by atoms with E-state index in [0.29, 0.717) is 34.4 Å². The third kappa shape index (κ3) is 3.60. The number of nitrogens with zero attached hydrogens (tertiary/aromatic N) is 4. The van der Waals surface area contributed by atoms with Crippen molar-refractivity contribution < 1.29 is 4.74 Å². The Labute approximate surface area is 179 Å². The van der Waals surface area contributed by atoms with Crippen molar-refractivity contribution in [2.45, 2.75) is 44.7 Å². The van der Waals surface area contributed by atoms with Gasteiger partial charge in [-0.3, -0.25) is 18.5 Å². The maximum Gasteiger partial charge on any atom is 0.332 e. The lowest BCUT2D eigenvalue weighted by atomic mass is 9.96. The summed E-state index contributed by atoms with van der Waals surface area (Å²) in [5.74, 6) is 1.26. The lowest BCUT2D eigenvalue weighted by Gasteiger charge is -2.23. The topological polar surface area (TPSA) is 83.1 Å². The third-order valence-corrected chi connectivity index (χ3v) is 6.24.